The van der Waals surface area contributed by atoms with Crippen LogP contribution in [0.1, 0.15) is 5.82 Å². The molecule has 0 radical (unpaired) electrons. The van der Waals surface area contributed by atoms with Gasteiger partial charge in [0.05, 0.1) is 7.05 Å². The molecule has 0 atom stereocenters. The first kappa shape index (κ1) is 9.74. The minimum Gasteiger partial charge on any atom is -1.00 e. The van der Waals surface area contributed by atoms with E-state index in [-0.39, 0.29) is 24.0 Å². The molecule has 0 amide bonds. The van der Waals surface area contributed by atoms with Gasteiger partial charge in [0.1, 0.15) is 13.3 Å². The Morgan fingerprint density at radius 2 is 2.20 bits per heavy atom. The third-order valence-electron chi connectivity index (χ3n) is 1.45. The highest BCUT2D eigenvalue weighted by molar-refractivity contribution is 4.74. The number of aromatic nitrogens is 2. The Hall–Kier alpha value is -0.260. The van der Waals surface area contributed by atoms with Crippen molar-refractivity contribution >= 4 is 0 Å². The van der Waals surface area contributed by atoms with Crippen LogP contribution in [-0.4, -0.2) is 11.8 Å². The van der Waals surface area contributed by atoms with E-state index in [1.165, 1.54) is 0 Å². The SMILES string of the molecule is COn1cc[n+](C)c1C.[I-]. The quantitative estimate of drug-likeness (QED) is 0.379. The lowest BCUT2D eigenvalue weighted by Gasteiger charge is -1.91. The van der Waals surface area contributed by atoms with Gasteiger partial charge in [0.15, 0.2) is 6.20 Å². The molecule has 0 saturated heterocycles. The normalized spacial score (nSPS) is 8.70. The van der Waals surface area contributed by atoms with Gasteiger partial charge in [-0.25, -0.2) is 4.57 Å². The third-order valence-corrected chi connectivity index (χ3v) is 1.45. The highest BCUT2D eigenvalue weighted by Gasteiger charge is 2.06. The van der Waals surface area contributed by atoms with Crippen molar-refractivity contribution in [3.63, 3.8) is 0 Å². The Balaban J connectivity index is 0.000000810. The van der Waals surface area contributed by atoms with Crippen LogP contribution in [0.3, 0.4) is 0 Å². The van der Waals surface area contributed by atoms with Gasteiger partial charge in [-0.3, -0.25) is 0 Å². The lowest BCUT2D eigenvalue weighted by Crippen LogP contribution is -3.00. The van der Waals surface area contributed by atoms with E-state index >= 15 is 0 Å². The zero-order valence-electron chi connectivity index (χ0n) is 6.34. The van der Waals surface area contributed by atoms with E-state index in [0.717, 1.165) is 5.82 Å². The van der Waals surface area contributed by atoms with Gasteiger partial charge in [-0.1, -0.05) is 4.73 Å². The summed E-state index contributed by atoms with van der Waals surface area (Å²) in [4.78, 5) is 4.96. The molecule has 4 heteroatoms. The summed E-state index contributed by atoms with van der Waals surface area (Å²) in [6.07, 6.45) is 3.81. The third kappa shape index (κ3) is 1.62. The molecule has 1 heterocycles. The van der Waals surface area contributed by atoms with Crippen molar-refractivity contribution in [3.05, 3.63) is 18.2 Å². The van der Waals surface area contributed by atoms with Gasteiger partial charge in [-0.2, -0.15) is 0 Å². The van der Waals surface area contributed by atoms with Crippen molar-refractivity contribution in [1.82, 2.24) is 4.73 Å². The predicted molar refractivity (Wildman–Crippen MR) is 32.8 cm³/mol. The molecule has 0 N–H and O–H groups in total. The maximum absolute atomic E-state index is 4.96. The second kappa shape index (κ2) is 3.80. The minimum atomic E-state index is 0. The summed E-state index contributed by atoms with van der Waals surface area (Å²) in [7, 11) is 3.62. The maximum Gasteiger partial charge on any atom is 0.293 e. The second-order valence-corrected chi connectivity index (χ2v) is 1.96. The molecule has 0 aromatic carbocycles. The molecule has 0 unspecified atom stereocenters. The van der Waals surface area contributed by atoms with Gasteiger partial charge in [0.2, 0.25) is 0 Å². The van der Waals surface area contributed by atoms with E-state index < -0.39 is 0 Å². The van der Waals surface area contributed by atoms with Gasteiger partial charge in [0, 0.05) is 6.92 Å². The van der Waals surface area contributed by atoms with Crippen molar-refractivity contribution in [2.24, 2.45) is 7.05 Å². The molecule has 0 saturated carbocycles. The predicted octanol–water partition coefficient (Wildman–Crippen LogP) is -3.32. The number of nitrogens with zero attached hydrogens (tertiary/aromatic N) is 2. The van der Waals surface area contributed by atoms with Crippen LogP contribution in [0, 0.1) is 6.92 Å². The zero-order chi connectivity index (χ0) is 6.85. The van der Waals surface area contributed by atoms with Gasteiger partial charge in [0.25, 0.3) is 5.82 Å². The summed E-state index contributed by atoms with van der Waals surface area (Å²) < 4.78 is 3.70. The molecule has 0 aliphatic rings. The van der Waals surface area contributed by atoms with Crippen molar-refractivity contribution < 1.29 is 33.4 Å². The highest BCUT2D eigenvalue weighted by Crippen LogP contribution is 1.85. The Bertz CT molecular complexity index is 210. The lowest BCUT2D eigenvalue weighted by atomic mass is 10.7. The maximum atomic E-state index is 4.96. The molecule has 1 aromatic rings. The summed E-state index contributed by atoms with van der Waals surface area (Å²) in [5, 5.41) is 0. The van der Waals surface area contributed by atoms with Crippen LogP contribution in [0.25, 0.3) is 0 Å². The van der Waals surface area contributed by atoms with E-state index in [0.29, 0.717) is 0 Å². The Kier molecular flexibility index (Phi) is 3.70. The van der Waals surface area contributed by atoms with Crippen molar-refractivity contribution in [3.8, 4) is 0 Å². The van der Waals surface area contributed by atoms with Crippen LogP contribution in [-0.2, 0) is 7.05 Å². The summed E-state index contributed by atoms with van der Waals surface area (Å²) >= 11 is 0. The molecule has 0 spiro atoms. The van der Waals surface area contributed by atoms with Crippen molar-refractivity contribution in [2.75, 3.05) is 7.11 Å². The average Bonchev–Trinajstić information content (AvgIpc) is 2.15. The first-order valence-corrected chi connectivity index (χ1v) is 2.83. The van der Waals surface area contributed by atoms with Crippen LogP contribution < -0.4 is 33.4 Å². The number of rotatable bonds is 1. The van der Waals surface area contributed by atoms with Crippen LogP contribution in [0.2, 0.25) is 0 Å². The number of aryl methyl sites for hydroxylation is 1. The summed E-state index contributed by atoms with van der Waals surface area (Å²) in [6.45, 7) is 1.99. The van der Waals surface area contributed by atoms with E-state index in [2.05, 4.69) is 0 Å². The molecular formula is C6H11IN2O. The Labute approximate surface area is 77.6 Å². The van der Waals surface area contributed by atoms with Crippen LogP contribution >= 0.6 is 0 Å². The average molecular weight is 254 g/mol. The summed E-state index contributed by atoms with van der Waals surface area (Å²) in [5.74, 6) is 1.08. The molecule has 3 nitrogen and oxygen atoms in total. The second-order valence-electron chi connectivity index (χ2n) is 1.96. The first-order valence-electron chi connectivity index (χ1n) is 2.83. The van der Waals surface area contributed by atoms with E-state index in [1.807, 2.05) is 30.9 Å². The molecule has 0 bridgehead atoms. The molecule has 1 aromatic heterocycles. The first-order chi connectivity index (χ1) is 4.25. The topological polar surface area (TPSA) is 18.0 Å². The van der Waals surface area contributed by atoms with Crippen LogP contribution in [0.15, 0.2) is 12.4 Å². The molecule has 1 rings (SSSR count). The number of halogens is 1. The molecule has 58 valence electrons. The molecular weight excluding hydrogens is 243 g/mol. The molecule has 0 aliphatic heterocycles. The van der Waals surface area contributed by atoms with E-state index in [4.69, 9.17) is 4.84 Å². The smallest absolute Gasteiger partial charge is 0.293 e. The summed E-state index contributed by atoms with van der Waals surface area (Å²) in [5.41, 5.74) is 0. The minimum absolute atomic E-state index is 0. The highest BCUT2D eigenvalue weighted by atomic mass is 127. The Morgan fingerprint density at radius 1 is 1.60 bits per heavy atom. The van der Waals surface area contributed by atoms with Gasteiger partial charge < -0.3 is 28.8 Å². The number of hydrogen-bond donors (Lipinski definition) is 0. The number of hydrogen-bond acceptors (Lipinski definition) is 1. The monoisotopic (exact) mass is 254 g/mol. The fraction of sp³-hybridized carbons (Fsp3) is 0.500. The summed E-state index contributed by atoms with van der Waals surface area (Å²) in [6, 6.07) is 0. The standard InChI is InChI=1S/C6H11N2O.HI/c1-6-7(2)4-5-8(6)9-3;/h4-5H,1-3H3;1H/q+1;/p-1. The Morgan fingerprint density at radius 3 is 2.40 bits per heavy atom. The number of imidazole rings is 1. The van der Waals surface area contributed by atoms with Crippen molar-refractivity contribution in [1.29, 1.82) is 0 Å². The van der Waals surface area contributed by atoms with Gasteiger partial charge in [-0.05, 0) is 0 Å². The fourth-order valence-corrected chi connectivity index (χ4v) is 0.725. The van der Waals surface area contributed by atoms with E-state index in [9.17, 15) is 0 Å². The fourth-order valence-electron chi connectivity index (χ4n) is 0.725. The lowest BCUT2D eigenvalue weighted by molar-refractivity contribution is -0.678. The van der Waals surface area contributed by atoms with Crippen molar-refractivity contribution in [2.45, 2.75) is 6.92 Å². The van der Waals surface area contributed by atoms with Crippen LogP contribution in [0.5, 0.6) is 0 Å². The molecule has 10 heavy (non-hydrogen) atoms. The zero-order valence-corrected chi connectivity index (χ0v) is 8.49. The van der Waals surface area contributed by atoms with E-state index in [1.54, 1.807) is 11.8 Å². The van der Waals surface area contributed by atoms with Crippen LogP contribution in [0.4, 0.5) is 0 Å². The van der Waals surface area contributed by atoms with Gasteiger partial charge in [-0.15, -0.1) is 0 Å². The molecule has 0 aliphatic carbocycles. The largest absolute Gasteiger partial charge is 1.00 e. The molecule has 0 fully saturated rings. The van der Waals surface area contributed by atoms with Gasteiger partial charge >= 0.3 is 0 Å².